The van der Waals surface area contributed by atoms with Crippen LogP contribution < -0.4 is 10.1 Å². The Hall–Kier alpha value is -2.29. The van der Waals surface area contributed by atoms with Gasteiger partial charge in [0.05, 0.1) is 0 Å². The second-order valence-electron chi connectivity index (χ2n) is 5.42. The van der Waals surface area contributed by atoms with Gasteiger partial charge in [-0.15, -0.1) is 0 Å². The summed E-state index contributed by atoms with van der Waals surface area (Å²) in [4.78, 5) is 12.3. The van der Waals surface area contributed by atoms with Crippen LogP contribution in [0.25, 0.3) is 0 Å². The molecule has 116 valence electrons. The molecule has 0 saturated carbocycles. The first kappa shape index (κ1) is 16.1. The van der Waals surface area contributed by atoms with Gasteiger partial charge in [-0.25, -0.2) is 0 Å². The summed E-state index contributed by atoms with van der Waals surface area (Å²) < 4.78 is 5.86. The van der Waals surface area contributed by atoms with Crippen LogP contribution in [0.15, 0.2) is 48.5 Å². The molecule has 3 nitrogen and oxygen atoms in total. The Morgan fingerprint density at radius 2 is 1.68 bits per heavy atom. The molecule has 0 spiro atoms. The average molecular weight is 297 g/mol. The highest BCUT2D eigenvalue weighted by atomic mass is 16.5. The van der Waals surface area contributed by atoms with E-state index < -0.39 is 6.10 Å². The number of benzene rings is 2. The summed E-state index contributed by atoms with van der Waals surface area (Å²) >= 11 is 0. The van der Waals surface area contributed by atoms with E-state index >= 15 is 0 Å². The van der Waals surface area contributed by atoms with Crippen molar-refractivity contribution < 1.29 is 9.53 Å². The molecule has 2 aromatic carbocycles. The molecular weight excluding hydrogens is 274 g/mol. The van der Waals surface area contributed by atoms with Crippen molar-refractivity contribution >= 4 is 5.91 Å². The summed E-state index contributed by atoms with van der Waals surface area (Å²) in [6.07, 6.45) is 0.165. The molecule has 1 atom stereocenters. The zero-order chi connectivity index (χ0) is 15.9. The van der Waals surface area contributed by atoms with Crippen molar-refractivity contribution in [3.63, 3.8) is 0 Å². The van der Waals surface area contributed by atoms with Crippen molar-refractivity contribution in [2.75, 3.05) is 0 Å². The summed E-state index contributed by atoms with van der Waals surface area (Å²) in [6.45, 7) is 6.51. The number of aryl methyl sites for hydroxylation is 2. The molecule has 22 heavy (non-hydrogen) atoms. The molecule has 0 fully saturated rings. The van der Waals surface area contributed by atoms with Crippen molar-refractivity contribution in [1.29, 1.82) is 0 Å². The van der Waals surface area contributed by atoms with Crippen LogP contribution in [0.2, 0.25) is 0 Å². The van der Waals surface area contributed by atoms with Gasteiger partial charge in [-0.05, 0) is 43.0 Å². The molecule has 2 aromatic rings. The first-order valence-electron chi connectivity index (χ1n) is 7.66. The lowest BCUT2D eigenvalue weighted by molar-refractivity contribution is -0.128. The van der Waals surface area contributed by atoms with Crippen LogP contribution in [-0.2, 0) is 11.3 Å². The number of hydrogen-bond donors (Lipinski definition) is 1. The predicted molar refractivity (Wildman–Crippen MR) is 88.9 cm³/mol. The Bertz CT molecular complexity index is 637. The van der Waals surface area contributed by atoms with Crippen LogP contribution >= 0.6 is 0 Å². The Morgan fingerprint density at radius 3 is 2.32 bits per heavy atom. The smallest absolute Gasteiger partial charge is 0.261 e. The van der Waals surface area contributed by atoms with E-state index in [1.807, 2.05) is 69.3 Å². The number of carbonyl (C=O) groups is 1. The molecule has 0 aliphatic carbocycles. The maximum absolute atomic E-state index is 12.3. The summed E-state index contributed by atoms with van der Waals surface area (Å²) in [5.74, 6) is 0.689. The van der Waals surface area contributed by atoms with Gasteiger partial charge in [0.2, 0.25) is 0 Å². The van der Waals surface area contributed by atoms with Crippen LogP contribution in [0, 0.1) is 13.8 Å². The van der Waals surface area contributed by atoms with Gasteiger partial charge in [0.1, 0.15) is 5.75 Å². The fourth-order valence-corrected chi connectivity index (χ4v) is 2.27. The highest BCUT2D eigenvalue weighted by molar-refractivity contribution is 5.81. The minimum atomic E-state index is -0.467. The van der Waals surface area contributed by atoms with E-state index in [1.165, 1.54) is 5.56 Å². The van der Waals surface area contributed by atoms with E-state index in [0.717, 1.165) is 16.9 Å². The summed E-state index contributed by atoms with van der Waals surface area (Å²) in [5, 5.41) is 2.97. The van der Waals surface area contributed by atoms with E-state index in [-0.39, 0.29) is 5.91 Å². The molecule has 1 amide bonds. The molecule has 0 aliphatic rings. The standard InChI is InChI=1S/C19H23NO2/c1-4-17(22-18-12-8-6-10-15(18)3)19(21)20-13-16-11-7-5-9-14(16)2/h5-12,17H,4,13H2,1-3H3,(H,20,21)/t17-/m1/s1. The zero-order valence-electron chi connectivity index (χ0n) is 13.4. The van der Waals surface area contributed by atoms with Crippen molar-refractivity contribution in [3.8, 4) is 5.75 Å². The summed E-state index contributed by atoms with van der Waals surface area (Å²) in [5.41, 5.74) is 3.34. The lowest BCUT2D eigenvalue weighted by Gasteiger charge is -2.19. The molecule has 0 radical (unpaired) electrons. The zero-order valence-corrected chi connectivity index (χ0v) is 13.4. The SMILES string of the molecule is CC[C@@H](Oc1ccccc1C)C(=O)NCc1ccccc1C. The molecule has 0 saturated heterocycles. The fourth-order valence-electron chi connectivity index (χ4n) is 2.27. The molecular formula is C19H23NO2. The predicted octanol–water partition coefficient (Wildman–Crippen LogP) is 3.78. The second kappa shape index (κ2) is 7.64. The highest BCUT2D eigenvalue weighted by Gasteiger charge is 2.18. The third-order valence-corrected chi connectivity index (χ3v) is 3.74. The number of amides is 1. The van der Waals surface area contributed by atoms with Gasteiger partial charge >= 0.3 is 0 Å². The number of nitrogens with one attached hydrogen (secondary N) is 1. The van der Waals surface area contributed by atoms with Gasteiger partial charge in [-0.2, -0.15) is 0 Å². The number of rotatable bonds is 6. The molecule has 1 N–H and O–H groups in total. The molecule has 3 heteroatoms. The first-order valence-corrected chi connectivity index (χ1v) is 7.66. The van der Waals surface area contributed by atoms with E-state index in [2.05, 4.69) is 5.32 Å². The minimum Gasteiger partial charge on any atom is -0.480 e. The Balaban J connectivity index is 1.98. The molecule has 2 rings (SSSR count). The first-order chi connectivity index (χ1) is 10.6. The van der Waals surface area contributed by atoms with Gasteiger partial charge in [-0.1, -0.05) is 49.4 Å². The fraction of sp³-hybridized carbons (Fsp3) is 0.316. The van der Waals surface area contributed by atoms with Gasteiger partial charge < -0.3 is 10.1 Å². The van der Waals surface area contributed by atoms with Crippen molar-refractivity contribution in [3.05, 3.63) is 65.2 Å². The third-order valence-electron chi connectivity index (χ3n) is 3.74. The highest BCUT2D eigenvalue weighted by Crippen LogP contribution is 2.19. The van der Waals surface area contributed by atoms with Gasteiger partial charge in [0.25, 0.3) is 5.91 Å². The number of carbonyl (C=O) groups excluding carboxylic acids is 1. The van der Waals surface area contributed by atoms with E-state index in [1.54, 1.807) is 0 Å². The van der Waals surface area contributed by atoms with Crippen LogP contribution in [-0.4, -0.2) is 12.0 Å². The van der Waals surface area contributed by atoms with Crippen LogP contribution in [0.3, 0.4) is 0 Å². The molecule has 0 aromatic heterocycles. The lowest BCUT2D eigenvalue weighted by Crippen LogP contribution is -2.37. The number of ether oxygens (including phenoxy) is 1. The van der Waals surface area contributed by atoms with Crippen molar-refractivity contribution in [2.24, 2.45) is 0 Å². The number of para-hydroxylation sites is 1. The van der Waals surface area contributed by atoms with Crippen LogP contribution in [0.4, 0.5) is 0 Å². The quantitative estimate of drug-likeness (QED) is 0.881. The second-order valence-corrected chi connectivity index (χ2v) is 5.42. The van der Waals surface area contributed by atoms with Crippen LogP contribution in [0.1, 0.15) is 30.0 Å². The Kier molecular flexibility index (Phi) is 5.59. The molecule has 0 bridgehead atoms. The molecule has 0 heterocycles. The van der Waals surface area contributed by atoms with E-state index in [0.29, 0.717) is 13.0 Å². The van der Waals surface area contributed by atoms with E-state index in [4.69, 9.17) is 4.74 Å². The number of hydrogen-bond acceptors (Lipinski definition) is 2. The molecule has 0 unspecified atom stereocenters. The van der Waals surface area contributed by atoms with Crippen molar-refractivity contribution in [2.45, 2.75) is 39.8 Å². The Labute approximate surface area is 132 Å². The molecule has 0 aliphatic heterocycles. The summed E-state index contributed by atoms with van der Waals surface area (Å²) in [7, 11) is 0. The van der Waals surface area contributed by atoms with Gasteiger partial charge in [0.15, 0.2) is 6.10 Å². The summed E-state index contributed by atoms with van der Waals surface area (Å²) in [6, 6.07) is 15.8. The topological polar surface area (TPSA) is 38.3 Å². The van der Waals surface area contributed by atoms with Crippen molar-refractivity contribution in [1.82, 2.24) is 5.32 Å². The normalized spacial score (nSPS) is 11.8. The lowest BCUT2D eigenvalue weighted by atomic mass is 10.1. The maximum atomic E-state index is 12.3. The minimum absolute atomic E-state index is 0.0750. The monoisotopic (exact) mass is 297 g/mol. The van der Waals surface area contributed by atoms with Crippen LogP contribution in [0.5, 0.6) is 5.75 Å². The Morgan fingerprint density at radius 1 is 1.05 bits per heavy atom. The van der Waals surface area contributed by atoms with Gasteiger partial charge in [-0.3, -0.25) is 4.79 Å². The van der Waals surface area contributed by atoms with E-state index in [9.17, 15) is 4.79 Å². The third kappa shape index (κ3) is 4.10. The average Bonchev–Trinajstić information content (AvgIpc) is 2.53. The maximum Gasteiger partial charge on any atom is 0.261 e. The van der Waals surface area contributed by atoms with Gasteiger partial charge in [0, 0.05) is 6.54 Å². The largest absolute Gasteiger partial charge is 0.480 e.